The number of hydrogen-bond donors (Lipinski definition) is 17. The van der Waals surface area contributed by atoms with Gasteiger partial charge in [0.25, 0.3) is 104 Å². The number of carboxylic acids is 1. The predicted molar refractivity (Wildman–Crippen MR) is 203 cm³/mol. The maximum absolute atomic E-state index is 10.2. The van der Waals surface area contributed by atoms with Gasteiger partial charge in [0.05, 0.1) is 6.42 Å². The summed E-state index contributed by atoms with van der Waals surface area (Å²) < 4.78 is 0. The van der Waals surface area contributed by atoms with Crippen molar-refractivity contribution < 1.29 is 168 Å². The van der Waals surface area contributed by atoms with Gasteiger partial charge in [0, 0.05) is 0 Å². The molecule has 0 spiro atoms. The third-order valence-corrected chi connectivity index (χ3v) is 2.63. The van der Waals surface area contributed by atoms with Gasteiger partial charge < -0.3 is 86.8 Å². The second-order valence-corrected chi connectivity index (χ2v) is 5.85. The Kier molecular flexibility index (Phi) is 572. The van der Waals surface area contributed by atoms with Crippen LogP contribution in [0.25, 0.3) is 0 Å². The van der Waals surface area contributed by atoms with Gasteiger partial charge in [-0.05, 0) is 6.42 Å². The van der Waals surface area contributed by atoms with Crippen molar-refractivity contribution >= 4 is 110 Å². The van der Waals surface area contributed by atoms with Crippen LogP contribution in [-0.4, -0.2) is 196 Å². The second kappa shape index (κ2) is 325. The average Bonchev–Trinajstić information content (AvgIpc) is 3.18. The third-order valence-electron chi connectivity index (χ3n) is 2.63. The van der Waals surface area contributed by atoms with E-state index in [2.05, 4.69) is 6.92 Å². The maximum Gasteiger partial charge on any atom is 0.307 e. The molecule has 0 rings (SSSR count). The lowest BCUT2D eigenvalue weighted by molar-refractivity contribution is -0.133. The molecule has 0 unspecified atom stereocenters. The topological polar surface area (TPSA) is 634 Å². The van der Waals surface area contributed by atoms with E-state index in [1.807, 2.05) is 0 Å². The monoisotopic (exact) mass is 949 g/mol. The number of unbranched alkanes of at least 4 members (excludes halogenated alkanes) is 9. The van der Waals surface area contributed by atoms with Gasteiger partial charge in [-0.3, -0.25) is 81.5 Å². The third kappa shape index (κ3) is 15400. The minimum Gasteiger partial charge on any atom is -0.483 e. The zero-order valence-corrected chi connectivity index (χ0v) is 32.9. The second-order valence-electron chi connectivity index (χ2n) is 5.85. The summed E-state index contributed by atoms with van der Waals surface area (Å²) in [5.74, 6) is -0.783. The summed E-state index contributed by atoms with van der Waals surface area (Å²) >= 11 is 0. The van der Waals surface area contributed by atoms with Crippen LogP contribution in [-0.2, 0) is 81.5 Å². The van der Waals surface area contributed by atoms with Crippen molar-refractivity contribution in [2.45, 2.75) is 71.1 Å². The molecule has 34 nitrogen and oxygen atoms in total. The van der Waals surface area contributed by atoms with Crippen LogP contribution >= 0.6 is 0 Å². The molecule has 0 amide bonds. The van der Waals surface area contributed by atoms with Crippen molar-refractivity contribution in [2.75, 3.05) is 0 Å². The fourth-order valence-electron chi connectivity index (χ4n) is 1.68. The first-order chi connectivity index (χ1) is 29.9. The van der Waals surface area contributed by atoms with Gasteiger partial charge in [-0.15, -0.1) is 0 Å². The summed E-state index contributed by atoms with van der Waals surface area (Å²) in [7, 11) is 0. The SMILES string of the molecule is CCCCCCCCCCC[CH]C(=O)O.O=CO.O=CO.O=CO.O=CO.O=CO.O=CO.O=CO.O=CO.O=CO.O=CO.O=CO.O=CO.O=CO.O=CO.O=CO.O=CO. The molecule has 1 radical (unpaired) electrons. The number of carbonyl (C=O) groups is 17. The van der Waals surface area contributed by atoms with Gasteiger partial charge in [-0.25, -0.2) is 0 Å². The van der Waals surface area contributed by atoms with Gasteiger partial charge in [-0.2, -0.15) is 0 Å². The first-order valence-electron chi connectivity index (χ1n) is 14.2. The van der Waals surface area contributed by atoms with E-state index in [-0.39, 0.29) is 104 Å². The smallest absolute Gasteiger partial charge is 0.307 e. The highest BCUT2D eigenvalue weighted by Crippen LogP contribution is 2.10. The molecule has 0 aliphatic rings. The zero-order chi connectivity index (χ0) is 54.7. The summed E-state index contributed by atoms with van der Waals surface area (Å²) in [6, 6.07) is 0. The molecular weight excluding hydrogens is 892 g/mol. The zero-order valence-electron chi connectivity index (χ0n) is 32.9. The molecule has 0 aliphatic carbocycles. The Hall–Kier alpha value is -9.01. The summed E-state index contributed by atoms with van der Waals surface area (Å²) in [5, 5.41) is 119. The Morgan fingerprint density at radius 2 is 0.381 bits per heavy atom. The fraction of sp³-hybridized carbons (Fsp3) is 0.379. The van der Waals surface area contributed by atoms with Gasteiger partial charge in [0.2, 0.25) is 0 Å². The Morgan fingerprint density at radius 1 is 0.270 bits per heavy atom. The molecule has 0 bridgehead atoms. The summed E-state index contributed by atoms with van der Waals surface area (Å²) in [6.45, 7) is -1.76. The minimum absolute atomic E-state index is 0.250. The van der Waals surface area contributed by atoms with Crippen LogP contribution in [0.15, 0.2) is 0 Å². The quantitative estimate of drug-likeness (QED) is 0.0909. The number of hydrogen-bond acceptors (Lipinski definition) is 17. The highest BCUT2D eigenvalue weighted by atomic mass is 16.4. The Bertz CT molecular complexity index is 618. The molecule has 17 N–H and O–H groups in total. The lowest BCUT2D eigenvalue weighted by Crippen LogP contribution is -1.94. The van der Waals surface area contributed by atoms with E-state index in [4.69, 9.17) is 164 Å². The largest absolute Gasteiger partial charge is 0.483 e. The van der Waals surface area contributed by atoms with E-state index >= 15 is 0 Å². The van der Waals surface area contributed by atoms with Crippen LogP contribution in [0.3, 0.4) is 0 Å². The lowest BCUT2D eigenvalue weighted by atomic mass is 10.1. The van der Waals surface area contributed by atoms with Crippen LogP contribution in [0.5, 0.6) is 0 Å². The molecule has 63 heavy (non-hydrogen) atoms. The average molecular weight is 950 g/mol. The molecule has 0 saturated carbocycles. The molecular formula is C29H57O34. The van der Waals surface area contributed by atoms with E-state index in [9.17, 15) is 4.79 Å². The van der Waals surface area contributed by atoms with E-state index in [1.54, 1.807) is 0 Å². The molecule has 0 aromatic rings. The van der Waals surface area contributed by atoms with Crippen molar-refractivity contribution in [1.29, 1.82) is 0 Å². The lowest BCUT2D eigenvalue weighted by Gasteiger charge is -2.00. The summed E-state index contributed by atoms with van der Waals surface area (Å²) in [4.78, 5) is 144. The van der Waals surface area contributed by atoms with Crippen LogP contribution in [0, 0.1) is 6.42 Å². The van der Waals surface area contributed by atoms with Crippen LogP contribution in [0.1, 0.15) is 71.1 Å². The van der Waals surface area contributed by atoms with E-state index in [1.165, 1.54) is 57.8 Å². The van der Waals surface area contributed by atoms with Crippen molar-refractivity contribution in [3.63, 3.8) is 0 Å². The number of aliphatic carboxylic acids is 1. The molecule has 0 saturated heterocycles. The molecule has 0 heterocycles. The normalized spacial score (nSPS) is 5.54. The Morgan fingerprint density at radius 3 is 0.492 bits per heavy atom. The highest BCUT2D eigenvalue weighted by Gasteiger charge is 1.97. The van der Waals surface area contributed by atoms with Crippen LogP contribution < -0.4 is 0 Å². The van der Waals surface area contributed by atoms with E-state index in [0.29, 0.717) is 0 Å². The van der Waals surface area contributed by atoms with Crippen molar-refractivity contribution in [3.05, 3.63) is 6.42 Å². The molecule has 34 heteroatoms. The van der Waals surface area contributed by atoms with Crippen LogP contribution in [0.2, 0.25) is 0 Å². The van der Waals surface area contributed by atoms with E-state index < -0.39 is 5.97 Å². The highest BCUT2D eigenvalue weighted by molar-refractivity contribution is 5.76. The molecule has 0 fully saturated rings. The molecule has 0 aromatic heterocycles. The Labute approximate surface area is 355 Å². The van der Waals surface area contributed by atoms with Crippen molar-refractivity contribution in [3.8, 4) is 0 Å². The van der Waals surface area contributed by atoms with Crippen LogP contribution in [0.4, 0.5) is 0 Å². The summed E-state index contributed by atoms with van der Waals surface area (Å²) in [6.07, 6.45) is 13.7. The van der Waals surface area contributed by atoms with Gasteiger partial charge in [0.1, 0.15) is 0 Å². The van der Waals surface area contributed by atoms with Crippen molar-refractivity contribution in [1.82, 2.24) is 0 Å². The molecule has 377 valence electrons. The summed E-state index contributed by atoms with van der Waals surface area (Å²) in [5.41, 5.74) is 0. The first-order valence-corrected chi connectivity index (χ1v) is 14.2. The van der Waals surface area contributed by atoms with E-state index in [0.717, 1.165) is 12.8 Å². The molecule has 0 aromatic carbocycles. The van der Waals surface area contributed by atoms with Crippen molar-refractivity contribution in [2.24, 2.45) is 0 Å². The standard InChI is InChI=1S/C13H25O2.16CH2O2/c1-2-3-4-5-6-7-8-9-10-11-12-13(14)15;16*2-1-3/h12H,2-11H2,1H3,(H,14,15);16*1H,(H,2,3). The van der Waals surface area contributed by atoms with Gasteiger partial charge in [-0.1, -0.05) is 64.7 Å². The minimum atomic E-state index is -0.783. The fourth-order valence-corrected chi connectivity index (χ4v) is 1.68. The number of carboxylic acid groups (broad SMARTS) is 17. The molecule has 0 aliphatic heterocycles. The maximum atomic E-state index is 10.2. The Balaban J connectivity index is -0.0000000253. The first kappa shape index (κ1) is 111. The number of rotatable bonds is 11. The predicted octanol–water partition coefficient (Wildman–Crippen LogP) is -0.591. The molecule has 0 atom stereocenters. The van der Waals surface area contributed by atoms with Gasteiger partial charge >= 0.3 is 5.97 Å². The van der Waals surface area contributed by atoms with Gasteiger partial charge in [0.15, 0.2) is 0 Å².